The van der Waals surface area contributed by atoms with E-state index in [0.717, 1.165) is 5.69 Å². The van der Waals surface area contributed by atoms with Crippen LogP contribution >= 0.6 is 55.1 Å². The number of phenolic OH excluding ortho intramolecular Hbond substituents is 1. The molecule has 0 bridgehead atoms. The number of rotatable bonds is 5. The van der Waals surface area contributed by atoms with Gasteiger partial charge in [-0.25, -0.2) is 4.79 Å². The van der Waals surface area contributed by atoms with E-state index in [2.05, 4.69) is 41.9 Å². The number of fused-ring (bicyclic) bond motifs is 1. The highest BCUT2D eigenvalue weighted by Crippen LogP contribution is 2.31. The van der Waals surface area contributed by atoms with Gasteiger partial charge in [-0.15, -0.1) is 0 Å². The number of carbonyl (C=O) groups excluding carboxylic acids is 2. The Bertz CT molecular complexity index is 952. The summed E-state index contributed by atoms with van der Waals surface area (Å²) in [6.45, 7) is 4.74. The van der Waals surface area contributed by atoms with Gasteiger partial charge in [0.05, 0.1) is 31.1 Å². The summed E-state index contributed by atoms with van der Waals surface area (Å²) in [6.07, 6.45) is -0.606. The molecule has 2 aromatic carbocycles. The molecule has 0 amide bonds. The Hall–Kier alpha value is -1.88. The molecule has 0 radical (unpaired) electrons. The van der Waals surface area contributed by atoms with Crippen LogP contribution in [0.15, 0.2) is 36.4 Å². The fourth-order valence-corrected chi connectivity index (χ4v) is 3.04. The van der Waals surface area contributed by atoms with E-state index in [-0.39, 0.29) is 22.5 Å². The number of anilines is 2. The second-order valence-corrected chi connectivity index (χ2v) is 9.08. The molecule has 0 saturated carbocycles. The van der Waals surface area contributed by atoms with Crippen molar-refractivity contribution in [2.24, 2.45) is 0 Å². The molecular weight excluding hydrogens is 619 g/mol. The second-order valence-electron chi connectivity index (χ2n) is 6.46. The summed E-state index contributed by atoms with van der Waals surface area (Å²) in [6, 6.07) is 9.83. The third-order valence-electron chi connectivity index (χ3n) is 3.91. The van der Waals surface area contributed by atoms with Gasteiger partial charge in [0, 0.05) is 27.5 Å². The lowest BCUT2D eigenvalue weighted by atomic mass is 10.2. The average molecular weight is 645 g/mol. The zero-order valence-electron chi connectivity index (χ0n) is 18.5. The molecule has 1 heterocycles. The normalized spacial score (nSPS) is 14.4. The Labute approximate surface area is 225 Å². The van der Waals surface area contributed by atoms with Gasteiger partial charge in [-0.1, -0.05) is 55.1 Å². The lowest BCUT2D eigenvalue weighted by Crippen LogP contribution is -2.38. The predicted octanol–water partition coefficient (Wildman–Crippen LogP) is 5.41. The van der Waals surface area contributed by atoms with Crippen molar-refractivity contribution in [1.29, 1.82) is 0 Å². The molecule has 2 unspecified atom stereocenters. The first-order chi connectivity index (χ1) is 16.1. The zero-order chi connectivity index (χ0) is 25.7. The maximum atomic E-state index is 11.5. The number of hydrogen-bond donors (Lipinski definition) is 3. The number of nitrogens with two attached hydrogens (primary N) is 1. The van der Waals surface area contributed by atoms with Crippen LogP contribution in [0.5, 0.6) is 11.5 Å². The fraction of sp³-hybridized carbons (Fsp3) is 0.364. The monoisotopic (exact) mass is 642 g/mol. The van der Waals surface area contributed by atoms with Crippen molar-refractivity contribution < 1.29 is 28.9 Å². The number of carbonyl (C=O) groups is 2. The van der Waals surface area contributed by atoms with E-state index in [4.69, 9.17) is 43.5 Å². The Balaban J connectivity index is 0.000000276. The first kappa shape index (κ1) is 30.2. The van der Waals surface area contributed by atoms with Crippen molar-refractivity contribution in [2.75, 3.05) is 36.1 Å². The average Bonchev–Trinajstić information content (AvgIpc) is 2.81. The standard InChI is InChI=1S/C11H12ClNO3.C6H6ClNO.C5H8Br2O2/c1-2-15-11(14)10-6-13-8-4-3-7(12)5-9(8)16-10;7-4-1-2-5(8)6(9)3-4;1-2-9-5(8)4(7)3-6/h3-5,10,13H,2,6H2,1H3;1-3,9H,8H2;4H,2-3H2,1H3. The number of phenols is 1. The van der Waals surface area contributed by atoms with Crippen molar-refractivity contribution in [3.8, 4) is 11.5 Å². The number of nitrogens with one attached hydrogen (secondary N) is 1. The number of alkyl halides is 2. The Morgan fingerprint density at radius 1 is 1.18 bits per heavy atom. The van der Waals surface area contributed by atoms with Gasteiger partial charge in [0.15, 0.2) is 0 Å². The van der Waals surface area contributed by atoms with Crippen LogP contribution in [0.2, 0.25) is 10.0 Å². The largest absolute Gasteiger partial charge is 0.506 e. The first-order valence-corrected chi connectivity index (χ1v) is 12.9. The minimum Gasteiger partial charge on any atom is -0.506 e. The van der Waals surface area contributed by atoms with Crippen LogP contribution in [-0.4, -0.2) is 53.1 Å². The van der Waals surface area contributed by atoms with Crippen LogP contribution < -0.4 is 15.8 Å². The van der Waals surface area contributed by atoms with Crippen LogP contribution in [0.3, 0.4) is 0 Å². The van der Waals surface area contributed by atoms with E-state index in [1.54, 1.807) is 38.1 Å². The summed E-state index contributed by atoms with van der Waals surface area (Å²) in [5, 5.41) is 13.6. The summed E-state index contributed by atoms with van der Waals surface area (Å²) in [5.41, 5.74) is 6.46. The molecule has 0 saturated heterocycles. The molecule has 1 aliphatic rings. The number of hydrogen-bond acceptors (Lipinski definition) is 8. The van der Waals surface area contributed by atoms with Crippen LogP contribution in [0.25, 0.3) is 0 Å². The molecule has 12 heteroatoms. The zero-order valence-corrected chi connectivity index (χ0v) is 23.2. The van der Waals surface area contributed by atoms with E-state index in [1.165, 1.54) is 6.07 Å². The number of nitrogen functional groups attached to an aromatic ring is 1. The van der Waals surface area contributed by atoms with Crippen molar-refractivity contribution >= 4 is 78.4 Å². The van der Waals surface area contributed by atoms with Crippen LogP contribution in [-0.2, 0) is 19.1 Å². The topological polar surface area (TPSA) is 120 Å². The highest BCUT2D eigenvalue weighted by Gasteiger charge is 2.26. The van der Waals surface area contributed by atoms with Crippen molar-refractivity contribution in [2.45, 2.75) is 24.8 Å². The number of halogens is 4. The molecule has 34 heavy (non-hydrogen) atoms. The lowest BCUT2D eigenvalue weighted by molar-refractivity contribution is -0.151. The lowest BCUT2D eigenvalue weighted by Gasteiger charge is -2.25. The minimum atomic E-state index is -0.606. The summed E-state index contributed by atoms with van der Waals surface area (Å²) in [7, 11) is 0. The van der Waals surface area contributed by atoms with Gasteiger partial charge in [-0.05, 0) is 38.1 Å². The molecule has 8 nitrogen and oxygen atoms in total. The summed E-state index contributed by atoms with van der Waals surface area (Å²) >= 11 is 17.6. The Morgan fingerprint density at radius 3 is 2.35 bits per heavy atom. The summed E-state index contributed by atoms with van der Waals surface area (Å²) < 4.78 is 15.1. The smallest absolute Gasteiger partial charge is 0.349 e. The van der Waals surface area contributed by atoms with Crippen molar-refractivity contribution in [1.82, 2.24) is 0 Å². The molecule has 2 atom stereocenters. The highest BCUT2D eigenvalue weighted by molar-refractivity contribution is 9.12. The molecule has 0 aliphatic carbocycles. The van der Waals surface area contributed by atoms with E-state index in [0.29, 0.717) is 46.6 Å². The van der Waals surface area contributed by atoms with Gasteiger partial charge >= 0.3 is 11.9 Å². The van der Waals surface area contributed by atoms with E-state index < -0.39 is 6.10 Å². The SMILES string of the molecule is CCOC(=O)C(Br)CBr.CCOC(=O)C1CNc2ccc(Cl)cc2O1.Nc1ccc(Cl)cc1O. The molecule has 0 aromatic heterocycles. The van der Waals surface area contributed by atoms with Gasteiger partial charge in [0.1, 0.15) is 16.3 Å². The van der Waals surface area contributed by atoms with Gasteiger partial charge < -0.3 is 30.4 Å². The second kappa shape index (κ2) is 15.9. The van der Waals surface area contributed by atoms with E-state index in [1.807, 2.05) is 6.07 Å². The van der Waals surface area contributed by atoms with Crippen LogP contribution in [0.1, 0.15) is 13.8 Å². The molecule has 0 spiro atoms. The molecule has 4 N–H and O–H groups in total. The van der Waals surface area contributed by atoms with Crippen molar-refractivity contribution in [3.05, 3.63) is 46.4 Å². The number of aromatic hydroxyl groups is 1. The first-order valence-electron chi connectivity index (χ1n) is 10.1. The minimum absolute atomic E-state index is 0.0301. The third-order valence-corrected chi connectivity index (χ3v) is 6.59. The number of esters is 2. The predicted molar refractivity (Wildman–Crippen MR) is 142 cm³/mol. The third kappa shape index (κ3) is 10.6. The molecule has 1 aliphatic heterocycles. The van der Waals surface area contributed by atoms with Crippen LogP contribution in [0.4, 0.5) is 11.4 Å². The van der Waals surface area contributed by atoms with Gasteiger partial charge in [-0.2, -0.15) is 0 Å². The number of benzene rings is 2. The van der Waals surface area contributed by atoms with Crippen molar-refractivity contribution in [3.63, 3.8) is 0 Å². The molecule has 188 valence electrons. The molecule has 0 fully saturated rings. The maximum absolute atomic E-state index is 11.5. The van der Waals surface area contributed by atoms with E-state index >= 15 is 0 Å². The summed E-state index contributed by atoms with van der Waals surface area (Å²) in [4.78, 5) is 21.9. The van der Waals surface area contributed by atoms with Gasteiger partial charge in [-0.3, -0.25) is 4.79 Å². The molecular formula is C22H26Br2Cl2N2O6. The Kier molecular flexibility index (Phi) is 14.1. The summed E-state index contributed by atoms with van der Waals surface area (Å²) in [5.74, 6) is 0.0364. The molecule has 2 aromatic rings. The molecule has 3 rings (SSSR count). The number of ether oxygens (including phenoxy) is 3. The van der Waals surface area contributed by atoms with Gasteiger partial charge in [0.25, 0.3) is 0 Å². The van der Waals surface area contributed by atoms with Gasteiger partial charge in [0.2, 0.25) is 6.10 Å². The Morgan fingerprint density at radius 2 is 1.79 bits per heavy atom. The van der Waals surface area contributed by atoms with Crippen LogP contribution in [0, 0.1) is 0 Å². The fourth-order valence-electron chi connectivity index (χ4n) is 2.32. The quantitative estimate of drug-likeness (QED) is 0.171. The highest BCUT2D eigenvalue weighted by atomic mass is 79.9. The van der Waals surface area contributed by atoms with E-state index in [9.17, 15) is 9.59 Å². The maximum Gasteiger partial charge on any atom is 0.349 e.